The number of aryl methyl sites for hydroxylation is 1. The molecule has 0 N–H and O–H groups in total. The third-order valence-corrected chi connectivity index (χ3v) is 2.36. The number of rotatable bonds is 0. The Balaban J connectivity index is 2.89. The van der Waals surface area contributed by atoms with Crippen molar-refractivity contribution in [3.05, 3.63) is 34.0 Å². The molecule has 0 fully saturated rings. The molecule has 5 heteroatoms. The zero-order chi connectivity index (χ0) is 10.3. The van der Waals surface area contributed by atoms with Crippen LogP contribution in [0.2, 0.25) is 10.4 Å². The van der Waals surface area contributed by atoms with Crippen molar-refractivity contribution in [1.82, 2.24) is 9.97 Å². The SMILES string of the molecule is Cc1cc2nc(Cl)nc(Cl)c2cc1F. The third-order valence-electron chi connectivity index (χ3n) is 1.90. The van der Waals surface area contributed by atoms with Crippen molar-refractivity contribution >= 4 is 34.1 Å². The molecule has 0 unspecified atom stereocenters. The van der Waals surface area contributed by atoms with Crippen molar-refractivity contribution in [3.63, 3.8) is 0 Å². The monoisotopic (exact) mass is 230 g/mol. The summed E-state index contributed by atoms with van der Waals surface area (Å²) in [5.74, 6) is -0.328. The molecule has 0 amide bonds. The summed E-state index contributed by atoms with van der Waals surface area (Å²) in [4.78, 5) is 7.67. The molecule has 0 aliphatic rings. The van der Waals surface area contributed by atoms with E-state index in [4.69, 9.17) is 23.2 Å². The molecular formula is C9H5Cl2FN2. The van der Waals surface area contributed by atoms with E-state index >= 15 is 0 Å². The highest BCUT2D eigenvalue weighted by molar-refractivity contribution is 6.35. The molecule has 2 nitrogen and oxygen atoms in total. The Morgan fingerprint density at radius 3 is 2.64 bits per heavy atom. The molecule has 0 radical (unpaired) electrons. The quantitative estimate of drug-likeness (QED) is 0.513. The summed E-state index contributed by atoms with van der Waals surface area (Å²) >= 11 is 11.4. The van der Waals surface area contributed by atoms with E-state index in [0.29, 0.717) is 16.5 Å². The van der Waals surface area contributed by atoms with Crippen molar-refractivity contribution in [2.45, 2.75) is 6.92 Å². The molecule has 0 aliphatic carbocycles. The number of hydrogen-bond donors (Lipinski definition) is 0. The summed E-state index contributed by atoms with van der Waals surface area (Å²) in [7, 11) is 0. The Kier molecular flexibility index (Phi) is 2.29. The second kappa shape index (κ2) is 3.33. The minimum absolute atomic E-state index is 0.0634. The molecule has 1 aromatic heterocycles. The molecule has 1 heterocycles. The molecule has 72 valence electrons. The van der Waals surface area contributed by atoms with Crippen LogP contribution in [-0.4, -0.2) is 9.97 Å². The molecule has 2 aromatic rings. The first-order valence-electron chi connectivity index (χ1n) is 3.87. The number of hydrogen-bond acceptors (Lipinski definition) is 2. The van der Waals surface area contributed by atoms with Gasteiger partial charge in [0.1, 0.15) is 11.0 Å². The summed E-state index contributed by atoms with van der Waals surface area (Å²) in [5.41, 5.74) is 1.05. The maximum atomic E-state index is 13.2. The van der Waals surface area contributed by atoms with Gasteiger partial charge >= 0.3 is 0 Å². The molecule has 0 atom stereocenters. The van der Waals surface area contributed by atoms with E-state index in [1.165, 1.54) is 6.07 Å². The summed E-state index contributed by atoms with van der Waals surface area (Å²) in [6.45, 7) is 1.65. The zero-order valence-electron chi connectivity index (χ0n) is 7.18. The van der Waals surface area contributed by atoms with Gasteiger partial charge < -0.3 is 0 Å². The minimum Gasteiger partial charge on any atom is -0.218 e. The second-order valence-corrected chi connectivity index (χ2v) is 3.60. The molecule has 1 aromatic carbocycles. The van der Waals surface area contributed by atoms with Crippen LogP contribution in [0.5, 0.6) is 0 Å². The van der Waals surface area contributed by atoms with Crippen LogP contribution in [0.25, 0.3) is 10.9 Å². The molecule has 2 rings (SSSR count). The predicted molar refractivity (Wildman–Crippen MR) is 54.3 cm³/mol. The average Bonchev–Trinajstić information content (AvgIpc) is 2.08. The van der Waals surface area contributed by atoms with Gasteiger partial charge in [-0.3, -0.25) is 0 Å². The van der Waals surface area contributed by atoms with Crippen LogP contribution in [0, 0.1) is 12.7 Å². The lowest BCUT2D eigenvalue weighted by molar-refractivity contribution is 0.620. The highest BCUT2D eigenvalue weighted by atomic mass is 35.5. The fourth-order valence-electron chi connectivity index (χ4n) is 1.19. The molecule has 0 spiro atoms. The van der Waals surface area contributed by atoms with E-state index in [0.717, 1.165) is 0 Å². The van der Waals surface area contributed by atoms with Gasteiger partial charge in [-0.15, -0.1) is 0 Å². The van der Waals surface area contributed by atoms with Crippen molar-refractivity contribution in [2.75, 3.05) is 0 Å². The fraction of sp³-hybridized carbons (Fsp3) is 0.111. The van der Waals surface area contributed by atoms with Crippen LogP contribution in [0.3, 0.4) is 0 Å². The van der Waals surface area contributed by atoms with Crippen LogP contribution in [-0.2, 0) is 0 Å². The molecular weight excluding hydrogens is 226 g/mol. The molecule has 0 saturated carbocycles. The first-order chi connectivity index (χ1) is 6.58. The number of aromatic nitrogens is 2. The van der Waals surface area contributed by atoms with E-state index in [1.807, 2.05) is 0 Å². The van der Waals surface area contributed by atoms with Crippen LogP contribution in [0.4, 0.5) is 4.39 Å². The van der Waals surface area contributed by atoms with Gasteiger partial charge in [0, 0.05) is 5.39 Å². The van der Waals surface area contributed by atoms with Crippen molar-refractivity contribution < 1.29 is 4.39 Å². The van der Waals surface area contributed by atoms with E-state index in [1.54, 1.807) is 13.0 Å². The molecule has 0 bridgehead atoms. The Labute approximate surface area is 89.7 Å². The molecule has 14 heavy (non-hydrogen) atoms. The summed E-state index contributed by atoms with van der Waals surface area (Å²) in [6.07, 6.45) is 0. The normalized spacial score (nSPS) is 10.9. The van der Waals surface area contributed by atoms with Gasteiger partial charge in [-0.2, -0.15) is 0 Å². The van der Waals surface area contributed by atoms with Gasteiger partial charge in [-0.05, 0) is 36.2 Å². The van der Waals surface area contributed by atoms with Crippen LogP contribution >= 0.6 is 23.2 Å². The number of fused-ring (bicyclic) bond motifs is 1. The predicted octanol–water partition coefficient (Wildman–Crippen LogP) is 3.38. The maximum absolute atomic E-state index is 13.2. The van der Waals surface area contributed by atoms with Gasteiger partial charge in [-0.25, -0.2) is 14.4 Å². The largest absolute Gasteiger partial charge is 0.224 e. The van der Waals surface area contributed by atoms with Crippen molar-refractivity contribution in [3.8, 4) is 0 Å². The Bertz CT molecular complexity index is 514. The smallest absolute Gasteiger partial charge is 0.218 e. The van der Waals surface area contributed by atoms with Crippen LogP contribution in [0.1, 0.15) is 5.56 Å². The fourth-order valence-corrected chi connectivity index (χ4v) is 1.64. The minimum atomic E-state index is -0.328. The second-order valence-electron chi connectivity index (χ2n) is 2.90. The van der Waals surface area contributed by atoms with Crippen molar-refractivity contribution in [1.29, 1.82) is 0 Å². The number of benzene rings is 1. The van der Waals surface area contributed by atoms with Gasteiger partial charge in [0.15, 0.2) is 0 Å². The lowest BCUT2D eigenvalue weighted by atomic mass is 10.1. The lowest BCUT2D eigenvalue weighted by Gasteiger charge is -2.02. The Hall–Kier alpha value is -0.930. The summed E-state index contributed by atoms with van der Waals surface area (Å²) in [5, 5.41) is 0.701. The van der Waals surface area contributed by atoms with Crippen LogP contribution < -0.4 is 0 Å². The van der Waals surface area contributed by atoms with Gasteiger partial charge in [0.2, 0.25) is 5.28 Å². The van der Waals surface area contributed by atoms with Crippen LogP contribution in [0.15, 0.2) is 12.1 Å². The van der Waals surface area contributed by atoms with Gasteiger partial charge in [0.05, 0.1) is 5.52 Å². The van der Waals surface area contributed by atoms with Gasteiger partial charge in [-0.1, -0.05) is 11.6 Å². The highest BCUT2D eigenvalue weighted by Crippen LogP contribution is 2.24. The molecule has 0 aliphatic heterocycles. The van der Waals surface area contributed by atoms with E-state index in [9.17, 15) is 4.39 Å². The van der Waals surface area contributed by atoms with E-state index in [2.05, 4.69) is 9.97 Å². The lowest BCUT2D eigenvalue weighted by Crippen LogP contribution is -1.90. The Morgan fingerprint density at radius 1 is 1.21 bits per heavy atom. The van der Waals surface area contributed by atoms with E-state index in [-0.39, 0.29) is 16.3 Å². The summed E-state index contributed by atoms with van der Waals surface area (Å²) in [6, 6.07) is 2.90. The average molecular weight is 231 g/mol. The van der Waals surface area contributed by atoms with Gasteiger partial charge in [0.25, 0.3) is 0 Å². The zero-order valence-corrected chi connectivity index (χ0v) is 8.69. The van der Waals surface area contributed by atoms with Crippen molar-refractivity contribution in [2.24, 2.45) is 0 Å². The first kappa shape index (κ1) is 9.62. The Morgan fingerprint density at radius 2 is 1.93 bits per heavy atom. The number of nitrogens with zero attached hydrogens (tertiary/aromatic N) is 2. The third kappa shape index (κ3) is 1.53. The standard InChI is InChI=1S/C9H5Cl2FN2/c1-4-2-7-5(3-6(4)12)8(10)14-9(11)13-7/h2-3H,1H3. The van der Waals surface area contributed by atoms with E-state index < -0.39 is 0 Å². The first-order valence-corrected chi connectivity index (χ1v) is 4.62. The highest BCUT2D eigenvalue weighted by Gasteiger charge is 2.07. The summed E-state index contributed by atoms with van der Waals surface area (Å²) < 4.78 is 13.2. The maximum Gasteiger partial charge on any atom is 0.224 e. The molecule has 0 saturated heterocycles. The topological polar surface area (TPSA) is 25.8 Å². The number of halogens is 3.